The van der Waals surface area contributed by atoms with Crippen molar-refractivity contribution in [3.05, 3.63) is 24.3 Å². The third-order valence-corrected chi connectivity index (χ3v) is 4.64. The SMILES string of the molecule is CCN1CCCC[C@H]1C(=O)Nc1ccc(O[C@H]2CCOC2)cc1. The van der Waals surface area contributed by atoms with E-state index in [9.17, 15) is 4.79 Å². The standard InChI is InChI=1S/C18H26N2O3/c1-2-20-11-4-3-5-17(20)18(21)19-14-6-8-15(9-7-14)23-16-10-12-22-13-16/h6-9,16-17H,2-5,10-13H2,1H3,(H,19,21)/t16-,17-/m0/s1. The molecule has 3 rings (SSSR count). The molecule has 1 N–H and O–H groups in total. The molecule has 2 fully saturated rings. The number of anilines is 1. The molecular weight excluding hydrogens is 292 g/mol. The maximum Gasteiger partial charge on any atom is 0.241 e. The summed E-state index contributed by atoms with van der Waals surface area (Å²) in [6.07, 6.45) is 4.35. The number of benzene rings is 1. The van der Waals surface area contributed by atoms with Crippen molar-refractivity contribution in [1.82, 2.24) is 4.90 Å². The van der Waals surface area contributed by atoms with E-state index in [-0.39, 0.29) is 18.1 Å². The second-order valence-corrected chi connectivity index (χ2v) is 6.26. The molecule has 2 aliphatic heterocycles. The van der Waals surface area contributed by atoms with E-state index in [1.54, 1.807) is 0 Å². The minimum atomic E-state index is 0.000291. The van der Waals surface area contributed by atoms with Crippen LogP contribution < -0.4 is 10.1 Å². The largest absolute Gasteiger partial charge is 0.488 e. The van der Waals surface area contributed by atoms with E-state index in [4.69, 9.17) is 9.47 Å². The highest BCUT2D eigenvalue weighted by molar-refractivity contribution is 5.94. The van der Waals surface area contributed by atoms with Crippen LogP contribution in [0, 0.1) is 0 Å². The quantitative estimate of drug-likeness (QED) is 0.907. The lowest BCUT2D eigenvalue weighted by molar-refractivity contribution is -0.122. The molecule has 1 aromatic carbocycles. The third-order valence-electron chi connectivity index (χ3n) is 4.64. The summed E-state index contributed by atoms with van der Waals surface area (Å²) in [5.41, 5.74) is 0.826. The zero-order valence-corrected chi connectivity index (χ0v) is 13.8. The van der Waals surface area contributed by atoms with Gasteiger partial charge in [-0.2, -0.15) is 0 Å². The van der Waals surface area contributed by atoms with Crippen LogP contribution in [0.1, 0.15) is 32.6 Å². The maximum atomic E-state index is 12.5. The number of amides is 1. The lowest BCUT2D eigenvalue weighted by Crippen LogP contribution is -2.46. The Kier molecular flexibility index (Phi) is 5.51. The van der Waals surface area contributed by atoms with Gasteiger partial charge >= 0.3 is 0 Å². The van der Waals surface area contributed by atoms with Crippen molar-refractivity contribution in [2.75, 3.05) is 31.6 Å². The number of nitrogens with zero attached hydrogens (tertiary/aromatic N) is 1. The highest BCUT2D eigenvalue weighted by Gasteiger charge is 2.27. The summed E-state index contributed by atoms with van der Waals surface area (Å²) in [6, 6.07) is 7.63. The number of ether oxygens (including phenoxy) is 2. The zero-order chi connectivity index (χ0) is 16.1. The average Bonchev–Trinajstić information content (AvgIpc) is 3.09. The summed E-state index contributed by atoms with van der Waals surface area (Å²) in [7, 11) is 0. The Morgan fingerprint density at radius 1 is 1.30 bits per heavy atom. The first-order chi connectivity index (χ1) is 11.3. The van der Waals surface area contributed by atoms with Gasteiger partial charge in [-0.15, -0.1) is 0 Å². The molecule has 0 bridgehead atoms. The highest BCUT2D eigenvalue weighted by atomic mass is 16.5. The minimum absolute atomic E-state index is 0.000291. The van der Waals surface area contributed by atoms with E-state index in [0.29, 0.717) is 6.61 Å². The van der Waals surface area contributed by atoms with Crippen molar-refractivity contribution in [2.45, 2.75) is 44.8 Å². The van der Waals surface area contributed by atoms with Crippen molar-refractivity contribution in [2.24, 2.45) is 0 Å². The van der Waals surface area contributed by atoms with Gasteiger partial charge in [0.05, 0.1) is 19.3 Å². The molecule has 0 aliphatic carbocycles. The summed E-state index contributed by atoms with van der Waals surface area (Å²) in [5, 5.41) is 3.04. The number of hydrogen-bond donors (Lipinski definition) is 1. The summed E-state index contributed by atoms with van der Waals surface area (Å²) in [6.45, 7) is 5.49. The zero-order valence-electron chi connectivity index (χ0n) is 13.8. The Bertz CT molecular complexity index is 512. The van der Waals surface area contributed by atoms with Crippen LogP contribution in [-0.4, -0.2) is 49.3 Å². The van der Waals surface area contributed by atoms with E-state index in [1.807, 2.05) is 24.3 Å². The Morgan fingerprint density at radius 3 is 2.83 bits per heavy atom. The first-order valence-corrected chi connectivity index (χ1v) is 8.65. The van der Waals surface area contributed by atoms with Crippen molar-refractivity contribution >= 4 is 11.6 Å². The number of hydrogen-bond acceptors (Lipinski definition) is 4. The first kappa shape index (κ1) is 16.3. The number of rotatable bonds is 5. The van der Waals surface area contributed by atoms with Gasteiger partial charge in [0.25, 0.3) is 0 Å². The lowest BCUT2D eigenvalue weighted by atomic mass is 10.0. The normalized spacial score (nSPS) is 25.3. The molecule has 2 saturated heterocycles. The van der Waals surface area contributed by atoms with E-state index in [1.165, 1.54) is 6.42 Å². The first-order valence-electron chi connectivity index (χ1n) is 8.65. The number of nitrogens with one attached hydrogen (secondary N) is 1. The van der Waals surface area contributed by atoms with Crippen LogP contribution in [0.4, 0.5) is 5.69 Å². The Balaban J connectivity index is 1.55. The summed E-state index contributed by atoms with van der Waals surface area (Å²) in [4.78, 5) is 14.8. The molecule has 23 heavy (non-hydrogen) atoms. The second-order valence-electron chi connectivity index (χ2n) is 6.26. The van der Waals surface area contributed by atoms with Crippen molar-refractivity contribution in [1.29, 1.82) is 0 Å². The van der Waals surface area contributed by atoms with Crippen molar-refractivity contribution in [3.63, 3.8) is 0 Å². The second kappa shape index (κ2) is 7.79. The van der Waals surface area contributed by atoms with E-state index in [2.05, 4.69) is 17.1 Å². The van der Waals surface area contributed by atoms with Gasteiger partial charge in [0, 0.05) is 12.1 Å². The maximum absolute atomic E-state index is 12.5. The van der Waals surface area contributed by atoms with Gasteiger partial charge in [-0.25, -0.2) is 0 Å². The van der Waals surface area contributed by atoms with Gasteiger partial charge in [0.1, 0.15) is 11.9 Å². The molecule has 2 atom stereocenters. The Labute approximate surface area is 137 Å². The van der Waals surface area contributed by atoms with Gasteiger partial charge in [-0.3, -0.25) is 9.69 Å². The summed E-state index contributed by atoms with van der Waals surface area (Å²) < 4.78 is 11.1. The molecule has 0 radical (unpaired) electrons. The minimum Gasteiger partial charge on any atom is -0.488 e. The van der Waals surface area contributed by atoms with Crippen LogP contribution in [0.2, 0.25) is 0 Å². The molecule has 0 saturated carbocycles. The predicted octanol–water partition coefficient (Wildman–Crippen LogP) is 2.67. The topological polar surface area (TPSA) is 50.8 Å². The Hall–Kier alpha value is -1.59. The van der Waals surface area contributed by atoms with Crippen LogP contribution in [-0.2, 0) is 9.53 Å². The van der Waals surface area contributed by atoms with Gasteiger partial charge < -0.3 is 14.8 Å². The summed E-state index contributed by atoms with van der Waals surface area (Å²) in [5.74, 6) is 0.927. The van der Waals surface area contributed by atoms with Gasteiger partial charge in [-0.1, -0.05) is 13.3 Å². The molecule has 0 spiro atoms. The molecule has 1 amide bonds. The molecular formula is C18H26N2O3. The smallest absolute Gasteiger partial charge is 0.241 e. The molecule has 126 valence electrons. The molecule has 2 aliphatic rings. The van der Waals surface area contributed by atoms with Crippen molar-refractivity contribution in [3.8, 4) is 5.75 Å². The average molecular weight is 318 g/mol. The van der Waals surface area contributed by atoms with Gasteiger partial charge in [-0.05, 0) is 50.2 Å². The van der Waals surface area contributed by atoms with Gasteiger partial charge in [0.2, 0.25) is 5.91 Å². The van der Waals surface area contributed by atoms with E-state index < -0.39 is 0 Å². The van der Waals surface area contributed by atoms with Crippen LogP contribution >= 0.6 is 0 Å². The van der Waals surface area contributed by atoms with Crippen LogP contribution in [0.15, 0.2) is 24.3 Å². The number of carbonyl (C=O) groups excluding carboxylic acids is 1. The fraction of sp³-hybridized carbons (Fsp3) is 0.611. The molecule has 0 aromatic heterocycles. The lowest BCUT2D eigenvalue weighted by Gasteiger charge is -2.33. The number of piperidine rings is 1. The fourth-order valence-corrected chi connectivity index (χ4v) is 3.31. The monoisotopic (exact) mass is 318 g/mol. The molecule has 1 aromatic rings. The van der Waals surface area contributed by atoms with Crippen LogP contribution in [0.25, 0.3) is 0 Å². The molecule has 5 nitrogen and oxygen atoms in total. The number of carbonyl (C=O) groups is 1. The highest BCUT2D eigenvalue weighted by Crippen LogP contribution is 2.22. The fourth-order valence-electron chi connectivity index (χ4n) is 3.31. The predicted molar refractivity (Wildman–Crippen MR) is 89.8 cm³/mol. The molecule has 5 heteroatoms. The van der Waals surface area contributed by atoms with E-state index >= 15 is 0 Å². The van der Waals surface area contributed by atoms with Crippen molar-refractivity contribution < 1.29 is 14.3 Å². The molecule has 2 heterocycles. The van der Waals surface area contributed by atoms with Crippen LogP contribution in [0.5, 0.6) is 5.75 Å². The number of likely N-dealkylation sites (N-methyl/N-ethyl adjacent to an activating group) is 1. The van der Waals surface area contributed by atoms with Crippen LogP contribution in [0.3, 0.4) is 0 Å². The third kappa shape index (κ3) is 4.24. The van der Waals surface area contributed by atoms with E-state index in [0.717, 1.165) is 50.4 Å². The summed E-state index contributed by atoms with van der Waals surface area (Å²) >= 11 is 0. The number of likely N-dealkylation sites (tertiary alicyclic amines) is 1. The molecule has 0 unspecified atom stereocenters. The Morgan fingerprint density at radius 2 is 2.13 bits per heavy atom. The van der Waals surface area contributed by atoms with Gasteiger partial charge in [0.15, 0.2) is 0 Å².